The maximum absolute atomic E-state index is 9.69. The van der Waals surface area contributed by atoms with E-state index < -0.39 is 0 Å². The summed E-state index contributed by atoms with van der Waals surface area (Å²) in [6.45, 7) is 10.6. The van der Waals surface area contributed by atoms with E-state index in [9.17, 15) is 4.79 Å². The molecule has 84 valence electrons. The SMILES string of the molecule is C=CC(C)=O.CCCNCCC(C)O. The molecule has 0 aliphatic carbocycles. The monoisotopic (exact) mass is 201 g/mol. The fourth-order valence-corrected chi connectivity index (χ4v) is 0.613. The first-order valence-electron chi connectivity index (χ1n) is 5.06. The molecule has 0 rings (SSSR count). The third kappa shape index (κ3) is 22.5. The molecule has 0 aromatic heterocycles. The summed E-state index contributed by atoms with van der Waals surface area (Å²) < 4.78 is 0. The first-order valence-corrected chi connectivity index (χ1v) is 5.06. The van der Waals surface area contributed by atoms with Crippen molar-refractivity contribution in [2.75, 3.05) is 13.1 Å². The number of aliphatic hydroxyl groups excluding tert-OH is 1. The lowest BCUT2D eigenvalue weighted by Gasteiger charge is -2.03. The normalized spacial score (nSPS) is 11.1. The molecular weight excluding hydrogens is 178 g/mol. The molecule has 0 amide bonds. The Hall–Kier alpha value is -0.670. The quantitative estimate of drug-likeness (QED) is 0.506. The molecule has 0 aliphatic rings. The number of rotatable bonds is 6. The highest BCUT2D eigenvalue weighted by molar-refractivity contribution is 5.86. The van der Waals surface area contributed by atoms with Crippen molar-refractivity contribution >= 4 is 5.78 Å². The summed E-state index contributed by atoms with van der Waals surface area (Å²) >= 11 is 0. The smallest absolute Gasteiger partial charge is 0.152 e. The highest BCUT2D eigenvalue weighted by atomic mass is 16.3. The average molecular weight is 201 g/mol. The van der Waals surface area contributed by atoms with Gasteiger partial charge < -0.3 is 10.4 Å². The molecular formula is C11H23NO2. The molecule has 1 unspecified atom stereocenters. The Bertz CT molecular complexity index is 144. The van der Waals surface area contributed by atoms with Crippen LogP contribution in [0.2, 0.25) is 0 Å². The average Bonchev–Trinajstić information content (AvgIpc) is 2.13. The van der Waals surface area contributed by atoms with Gasteiger partial charge in [0.25, 0.3) is 0 Å². The van der Waals surface area contributed by atoms with Gasteiger partial charge in [0.2, 0.25) is 0 Å². The van der Waals surface area contributed by atoms with E-state index in [0.29, 0.717) is 0 Å². The predicted octanol–water partition coefficient (Wildman–Crippen LogP) is 1.52. The highest BCUT2D eigenvalue weighted by Crippen LogP contribution is 1.85. The van der Waals surface area contributed by atoms with Gasteiger partial charge in [-0.1, -0.05) is 13.5 Å². The van der Waals surface area contributed by atoms with E-state index in [1.165, 1.54) is 19.4 Å². The minimum Gasteiger partial charge on any atom is -0.393 e. The largest absolute Gasteiger partial charge is 0.393 e. The van der Waals surface area contributed by atoms with E-state index in [1.54, 1.807) is 0 Å². The second-order valence-corrected chi connectivity index (χ2v) is 3.20. The van der Waals surface area contributed by atoms with Crippen molar-refractivity contribution in [2.24, 2.45) is 0 Å². The Morgan fingerprint density at radius 3 is 2.36 bits per heavy atom. The van der Waals surface area contributed by atoms with E-state index in [0.717, 1.165) is 19.5 Å². The van der Waals surface area contributed by atoms with Gasteiger partial charge in [0, 0.05) is 0 Å². The van der Waals surface area contributed by atoms with Gasteiger partial charge in [0.1, 0.15) is 0 Å². The van der Waals surface area contributed by atoms with E-state index >= 15 is 0 Å². The molecule has 0 spiro atoms. The standard InChI is InChI=1S/C7H17NO.C4H6O/c1-3-5-8-6-4-7(2)9;1-3-4(2)5/h7-9H,3-6H2,1-2H3;3H,1H2,2H3. The van der Waals surface area contributed by atoms with Crippen molar-refractivity contribution in [3.05, 3.63) is 12.7 Å². The Kier molecular flexibility index (Phi) is 13.9. The molecule has 0 saturated heterocycles. The third-order valence-corrected chi connectivity index (χ3v) is 1.45. The molecule has 3 nitrogen and oxygen atoms in total. The van der Waals surface area contributed by atoms with Crippen molar-refractivity contribution in [3.8, 4) is 0 Å². The van der Waals surface area contributed by atoms with Gasteiger partial charge >= 0.3 is 0 Å². The number of hydrogen-bond donors (Lipinski definition) is 2. The molecule has 0 aromatic rings. The van der Waals surface area contributed by atoms with Gasteiger partial charge in [-0.2, -0.15) is 0 Å². The Morgan fingerprint density at radius 1 is 1.57 bits per heavy atom. The molecule has 3 heteroatoms. The molecule has 0 saturated carbocycles. The number of ketones is 1. The summed E-state index contributed by atoms with van der Waals surface area (Å²) in [5.74, 6) is 0.0185. The summed E-state index contributed by atoms with van der Waals surface area (Å²) in [7, 11) is 0. The zero-order valence-corrected chi connectivity index (χ0v) is 9.55. The second-order valence-electron chi connectivity index (χ2n) is 3.20. The predicted molar refractivity (Wildman–Crippen MR) is 60.3 cm³/mol. The number of nitrogens with one attached hydrogen (secondary N) is 1. The van der Waals surface area contributed by atoms with Gasteiger partial charge in [0.15, 0.2) is 5.78 Å². The van der Waals surface area contributed by atoms with Crippen LogP contribution in [0.4, 0.5) is 0 Å². The number of carbonyl (C=O) groups excluding carboxylic acids is 1. The van der Waals surface area contributed by atoms with Crippen LogP contribution in [0.1, 0.15) is 33.6 Å². The zero-order valence-electron chi connectivity index (χ0n) is 9.55. The van der Waals surface area contributed by atoms with Crippen molar-refractivity contribution < 1.29 is 9.90 Å². The van der Waals surface area contributed by atoms with Crippen LogP contribution in [0.5, 0.6) is 0 Å². The van der Waals surface area contributed by atoms with Crippen LogP contribution in [0.3, 0.4) is 0 Å². The van der Waals surface area contributed by atoms with Crippen LogP contribution < -0.4 is 5.32 Å². The molecule has 0 heterocycles. The minimum absolute atomic E-state index is 0.0185. The van der Waals surface area contributed by atoms with E-state index in [2.05, 4.69) is 18.8 Å². The van der Waals surface area contributed by atoms with Crippen molar-refractivity contribution in [1.29, 1.82) is 0 Å². The fourth-order valence-electron chi connectivity index (χ4n) is 0.613. The first-order chi connectivity index (χ1) is 6.54. The van der Waals surface area contributed by atoms with Crippen LogP contribution in [-0.4, -0.2) is 30.1 Å². The number of allylic oxidation sites excluding steroid dienone is 1. The van der Waals surface area contributed by atoms with Gasteiger partial charge in [-0.3, -0.25) is 4.79 Å². The van der Waals surface area contributed by atoms with Crippen LogP contribution in [0.25, 0.3) is 0 Å². The Morgan fingerprint density at radius 2 is 2.07 bits per heavy atom. The molecule has 0 bridgehead atoms. The maximum atomic E-state index is 9.69. The van der Waals surface area contributed by atoms with Crippen molar-refractivity contribution in [3.63, 3.8) is 0 Å². The van der Waals surface area contributed by atoms with Crippen LogP contribution in [-0.2, 0) is 4.79 Å². The van der Waals surface area contributed by atoms with E-state index in [-0.39, 0.29) is 11.9 Å². The van der Waals surface area contributed by atoms with Crippen LogP contribution in [0, 0.1) is 0 Å². The summed E-state index contributed by atoms with van der Waals surface area (Å²) in [5.41, 5.74) is 0. The van der Waals surface area contributed by atoms with Gasteiger partial charge in [-0.25, -0.2) is 0 Å². The lowest BCUT2D eigenvalue weighted by Crippen LogP contribution is -2.19. The maximum Gasteiger partial charge on any atom is 0.152 e. The van der Waals surface area contributed by atoms with Crippen molar-refractivity contribution in [1.82, 2.24) is 5.32 Å². The molecule has 0 aromatic carbocycles. The third-order valence-electron chi connectivity index (χ3n) is 1.45. The summed E-state index contributed by atoms with van der Waals surface area (Å²) in [5, 5.41) is 12.0. The van der Waals surface area contributed by atoms with Crippen LogP contribution in [0.15, 0.2) is 12.7 Å². The molecule has 0 aliphatic heterocycles. The molecule has 14 heavy (non-hydrogen) atoms. The Labute approximate surface area is 87.2 Å². The summed E-state index contributed by atoms with van der Waals surface area (Å²) in [4.78, 5) is 9.69. The van der Waals surface area contributed by atoms with Gasteiger partial charge in [-0.15, -0.1) is 0 Å². The van der Waals surface area contributed by atoms with Gasteiger partial charge in [-0.05, 0) is 45.9 Å². The molecule has 2 N–H and O–H groups in total. The zero-order chi connectivity index (χ0) is 11.4. The lowest BCUT2D eigenvalue weighted by molar-refractivity contribution is -0.112. The van der Waals surface area contributed by atoms with Crippen molar-refractivity contribution in [2.45, 2.75) is 39.7 Å². The first kappa shape index (κ1) is 15.8. The van der Waals surface area contributed by atoms with Crippen LogP contribution >= 0.6 is 0 Å². The topological polar surface area (TPSA) is 49.3 Å². The lowest BCUT2D eigenvalue weighted by atomic mass is 10.3. The second kappa shape index (κ2) is 12.3. The fraction of sp³-hybridized carbons (Fsp3) is 0.727. The highest BCUT2D eigenvalue weighted by Gasteiger charge is 1.92. The van der Waals surface area contributed by atoms with Gasteiger partial charge in [0.05, 0.1) is 6.10 Å². The number of carbonyl (C=O) groups is 1. The molecule has 0 fully saturated rings. The molecule has 0 radical (unpaired) electrons. The van der Waals surface area contributed by atoms with E-state index in [1.807, 2.05) is 6.92 Å². The number of aliphatic hydroxyl groups is 1. The Balaban J connectivity index is 0. The number of hydrogen-bond acceptors (Lipinski definition) is 3. The summed E-state index contributed by atoms with van der Waals surface area (Å²) in [6, 6.07) is 0. The van der Waals surface area contributed by atoms with E-state index in [4.69, 9.17) is 5.11 Å². The minimum atomic E-state index is -0.158. The molecule has 1 atom stereocenters. The summed E-state index contributed by atoms with van der Waals surface area (Å²) in [6.07, 6.45) is 3.15.